The third kappa shape index (κ3) is 1.91. The number of fused-ring (bicyclic) bond motifs is 1. The molecule has 0 spiro atoms. The van der Waals surface area contributed by atoms with Crippen molar-refractivity contribution in [3.63, 3.8) is 0 Å². The predicted molar refractivity (Wildman–Crippen MR) is 77.5 cm³/mol. The number of phenolic OH excluding ortho intramolecular Hbond substituents is 1. The van der Waals surface area contributed by atoms with Gasteiger partial charge in [0, 0.05) is 5.56 Å². The molecule has 0 unspecified atom stereocenters. The molecule has 0 amide bonds. The van der Waals surface area contributed by atoms with Gasteiger partial charge in [0.1, 0.15) is 5.75 Å². The maximum Gasteiger partial charge on any atom is 0.314 e. The molecule has 108 valence electrons. The van der Waals surface area contributed by atoms with Gasteiger partial charge in [-0.2, -0.15) is 0 Å². The lowest BCUT2D eigenvalue weighted by molar-refractivity contribution is -0.145. The van der Waals surface area contributed by atoms with Crippen LogP contribution in [-0.4, -0.2) is 16.2 Å². The fraction of sp³-hybridized carbons (Fsp3) is 0.562. The molecule has 3 nitrogen and oxygen atoms in total. The monoisotopic (exact) mass is 294 g/mol. The standard InChI is InChI=1S/C16H19ClO3/c17-13-11-6-4-5-10(11)9-12(14(13)18)16(15(19)20)7-2-1-3-8-16/h9,18H,1-8H2,(H,19,20). The number of carbonyl (C=O) groups is 1. The molecular formula is C16H19ClO3. The molecule has 4 heteroatoms. The summed E-state index contributed by atoms with van der Waals surface area (Å²) in [5.74, 6) is -0.835. The van der Waals surface area contributed by atoms with Crippen LogP contribution in [-0.2, 0) is 23.1 Å². The number of carboxylic acids is 1. The maximum atomic E-state index is 11.9. The van der Waals surface area contributed by atoms with Crippen LogP contribution in [0.1, 0.15) is 55.2 Å². The van der Waals surface area contributed by atoms with Crippen molar-refractivity contribution in [2.45, 2.75) is 56.8 Å². The van der Waals surface area contributed by atoms with Gasteiger partial charge in [0.15, 0.2) is 0 Å². The lowest BCUT2D eigenvalue weighted by Crippen LogP contribution is -2.38. The number of aryl methyl sites for hydroxylation is 1. The van der Waals surface area contributed by atoms with Crippen molar-refractivity contribution in [3.8, 4) is 5.75 Å². The first-order valence-electron chi connectivity index (χ1n) is 7.33. The molecule has 1 fully saturated rings. The minimum absolute atomic E-state index is 0.00313. The molecule has 2 aliphatic rings. The number of aromatic hydroxyl groups is 1. The molecule has 0 heterocycles. The van der Waals surface area contributed by atoms with Crippen molar-refractivity contribution >= 4 is 17.6 Å². The van der Waals surface area contributed by atoms with E-state index in [1.807, 2.05) is 6.07 Å². The van der Waals surface area contributed by atoms with Crippen LogP contribution in [0.2, 0.25) is 5.02 Å². The van der Waals surface area contributed by atoms with Crippen LogP contribution >= 0.6 is 11.6 Å². The van der Waals surface area contributed by atoms with E-state index in [-0.39, 0.29) is 5.75 Å². The number of aliphatic carboxylic acids is 1. The van der Waals surface area contributed by atoms with Gasteiger partial charge in [-0.05, 0) is 43.2 Å². The summed E-state index contributed by atoms with van der Waals surface area (Å²) in [5, 5.41) is 20.6. The third-order valence-corrected chi connectivity index (χ3v) is 5.35. The normalized spacial score (nSPS) is 20.6. The Hall–Kier alpha value is -1.22. The zero-order chi connectivity index (χ0) is 14.3. The van der Waals surface area contributed by atoms with E-state index in [2.05, 4.69) is 0 Å². The fourth-order valence-corrected chi connectivity index (χ4v) is 4.12. The van der Waals surface area contributed by atoms with Gasteiger partial charge in [-0.1, -0.05) is 36.9 Å². The average molecular weight is 295 g/mol. The summed E-state index contributed by atoms with van der Waals surface area (Å²) in [5.41, 5.74) is 1.71. The van der Waals surface area contributed by atoms with E-state index in [1.54, 1.807) is 0 Å². The Morgan fingerprint density at radius 3 is 2.50 bits per heavy atom. The average Bonchev–Trinajstić information content (AvgIpc) is 2.92. The third-order valence-electron chi connectivity index (χ3n) is 4.94. The summed E-state index contributed by atoms with van der Waals surface area (Å²) in [7, 11) is 0. The Morgan fingerprint density at radius 1 is 1.15 bits per heavy atom. The Bertz CT molecular complexity index is 559. The highest BCUT2D eigenvalue weighted by atomic mass is 35.5. The Balaban J connectivity index is 2.17. The fourth-order valence-electron chi connectivity index (χ4n) is 3.80. The van der Waals surface area contributed by atoms with Gasteiger partial charge in [-0.3, -0.25) is 4.79 Å². The lowest BCUT2D eigenvalue weighted by atomic mass is 9.68. The van der Waals surface area contributed by atoms with E-state index < -0.39 is 11.4 Å². The van der Waals surface area contributed by atoms with E-state index in [1.165, 1.54) is 0 Å². The van der Waals surface area contributed by atoms with Gasteiger partial charge in [0.25, 0.3) is 0 Å². The molecule has 0 bridgehead atoms. The van der Waals surface area contributed by atoms with Crippen molar-refractivity contribution in [1.29, 1.82) is 0 Å². The molecule has 0 saturated heterocycles. The van der Waals surface area contributed by atoms with Crippen LogP contribution in [0.3, 0.4) is 0 Å². The predicted octanol–water partition coefficient (Wildman–Crippen LogP) is 3.82. The second-order valence-electron chi connectivity index (χ2n) is 6.03. The summed E-state index contributed by atoms with van der Waals surface area (Å²) in [4.78, 5) is 11.9. The van der Waals surface area contributed by atoms with E-state index in [0.29, 0.717) is 23.4 Å². The second-order valence-corrected chi connectivity index (χ2v) is 6.40. The summed E-state index contributed by atoms with van der Waals surface area (Å²) in [6.07, 6.45) is 6.85. The zero-order valence-corrected chi connectivity index (χ0v) is 12.2. The van der Waals surface area contributed by atoms with Crippen LogP contribution in [0.4, 0.5) is 0 Å². The highest BCUT2D eigenvalue weighted by Crippen LogP contribution is 2.48. The molecule has 2 aliphatic carbocycles. The first-order valence-corrected chi connectivity index (χ1v) is 7.71. The van der Waals surface area contributed by atoms with Gasteiger partial charge in [0.05, 0.1) is 10.4 Å². The molecule has 1 aromatic rings. The van der Waals surface area contributed by atoms with Crippen molar-refractivity contribution < 1.29 is 15.0 Å². The SMILES string of the molecule is O=C(O)C1(c2cc3c(c(Cl)c2O)CCC3)CCCCC1. The Kier molecular flexibility index (Phi) is 3.41. The summed E-state index contributed by atoms with van der Waals surface area (Å²) in [6.45, 7) is 0. The second kappa shape index (κ2) is 4.96. The van der Waals surface area contributed by atoms with E-state index in [0.717, 1.165) is 49.7 Å². The van der Waals surface area contributed by atoms with Crippen molar-refractivity contribution in [1.82, 2.24) is 0 Å². The van der Waals surface area contributed by atoms with Crippen LogP contribution < -0.4 is 0 Å². The largest absolute Gasteiger partial charge is 0.506 e. The van der Waals surface area contributed by atoms with Crippen LogP contribution in [0.25, 0.3) is 0 Å². The first-order chi connectivity index (χ1) is 9.56. The van der Waals surface area contributed by atoms with E-state index >= 15 is 0 Å². The molecule has 0 aromatic heterocycles. The minimum atomic E-state index is -0.955. The highest BCUT2D eigenvalue weighted by molar-refractivity contribution is 6.33. The van der Waals surface area contributed by atoms with Crippen molar-refractivity contribution in [3.05, 3.63) is 27.8 Å². The number of hydrogen-bond donors (Lipinski definition) is 2. The molecular weight excluding hydrogens is 276 g/mol. The number of carboxylic acid groups (broad SMARTS) is 1. The number of hydrogen-bond acceptors (Lipinski definition) is 2. The maximum absolute atomic E-state index is 11.9. The molecule has 0 atom stereocenters. The van der Waals surface area contributed by atoms with E-state index in [9.17, 15) is 15.0 Å². The topological polar surface area (TPSA) is 57.5 Å². The van der Waals surface area contributed by atoms with Crippen molar-refractivity contribution in [2.75, 3.05) is 0 Å². The number of phenols is 1. The van der Waals surface area contributed by atoms with E-state index in [4.69, 9.17) is 11.6 Å². The smallest absolute Gasteiger partial charge is 0.314 e. The molecule has 0 aliphatic heterocycles. The van der Waals surface area contributed by atoms with Gasteiger partial charge < -0.3 is 10.2 Å². The number of benzene rings is 1. The Labute approximate surface area is 123 Å². The lowest BCUT2D eigenvalue weighted by Gasteiger charge is -2.34. The molecule has 1 saturated carbocycles. The van der Waals surface area contributed by atoms with Crippen LogP contribution in [0.5, 0.6) is 5.75 Å². The molecule has 3 rings (SSSR count). The summed E-state index contributed by atoms with van der Waals surface area (Å²) >= 11 is 6.29. The quantitative estimate of drug-likeness (QED) is 0.872. The number of halogens is 1. The van der Waals surface area contributed by atoms with Crippen molar-refractivity contribution in [2.24, 2.45) is 0 Å². The summed E-state index contributed by atoms with van der Waals surface area (Å²) < 4.78 is 0. The number of rotatable bonds is 2. The first kappa shape index (κ1) is 13.7. The van der Waals surface area contributed by atoms with Crippen LogP contribution in [0, 0.1) is 0 Å². The molecule has 2 N–H and O–H groups in total. The van der Waals surface area contributed by atoms with Gasteiger partial charge in [-0.25, -0.2) is 0 Å². The molecule has 20 heavy (non-hydrogen) atoms. The highest BCUT2D eigenvalue weighted by Gasteiger charge is 2.44. The van der Waals surface area contributed by atoms with Gasteiger partial charge in [0.2, 0.25) is 0 Å². The Morgan fingerprint density at radius 2 is 1.85 bits per heavy atom. The molecule has 1 aromatic carbocycles. The zero-order valence-electron chi connectivity index (χ0n) is 11.4. The minimum Gasteiger partial charge on any atom is -0.506 e. The molecule has 0 radical (unpaired) electrons. The van der Waals surface area contributed by atoms with Crippen LogP contribution in [0.15, 0.2) is 6.07 Å². The summed E-state index contributed by atoms with van der Waals surface area (Å²) in [6, 6.07) is 1.91. The van der Waals surface area contributed by atoms with Gasteiger partial charge in [-0.15, -0.1) is 0 Å². The van der Waals surface area contributed by atoms with Gasteiger partial charge >= 0.3 is 5.97 Å².